The number of amides is 2. The average Bonchev–Trinajstić information content (AvgIpc) is 3.27. The molecule has 0 aliphatic carbocycles. The van der Waals surface area contributed by atoms with Gasteiger partial charge in [-0.15, -0.1) is 0 Å². The summed E-state index contributed by atoms with van der Waals surface area (Å²) in [4.78, 5) is 29.6. The molecule has 6 nitrogen and oxygen atoms in total. The van der Waals surface area contributed by atoms with Crippen molar-refractivity contribution < 1.29 is 14.3 Å². The highest BCUT2D eigenvalue weighted by Gasteiger charge is 2.33. The molecule has 1 aromatic carbocycles. The topological polar surface area (TPSA) is 61.9 Å². The summed E-state index contributed by atoms with van der Waals surface area (Å²) in [7, 11) is 1.64. The lowest BCUT2D eigenvalue weighted by molar-refractivity contribution is -0.136. The molecule has 2 aliphatic heterocycles. The van der Waals surface area contributed by atoms with Crippen LogP contribution in [0.3, 0.4) is 0 Å². The van der Waals surface area contributed by atoms with Gasteiger partial charge in [0.25, 0.3) is 0 Å². The van der Waals surface area contributed by atoms with E-state index in [2.05, 4.69) is 10.2 Å². The normalized spacial score (nSPS) is 20.6. The molecule has 3 rings (SSSR count). The SMILES string of the molecule is COc1ccccc1C(C)NC(=O)C(C)N1CCC(C(=O)N2CCCC2)CC1. The predicted octanol–water partition coefficient (Wildman–Crippen LogP) is 2.60. The van der Waals surface area contributed by atoms with Crippen LogP contribution in [-0.4, -0.2) is 60.9 Å². The maximum atomic E-state index is 12.8. The van der Waals surface area contributed by atoms with Crippen LogP contribution < -0.4 is 10.1 Å². The Bertz CT molecular complexity index is 679. The molecular weight excluding hydrogens is 354 g/mol. The van der Waals surface area contributed by atoms with Crippen molar-refractivity contribution in [3.05, 3.63) is 29.8 Å². The van der Waals surface area contributed by atoms with Crippen molar-refractivity contribution in [3.63, 3.8) is 0 Å². The molecule has 0 spiro atoms. The van der Waals surface area contributed by atoms with Gasteiger partial charge in [0.2, 0.25) is 11.8 Å². The standard InChI is InChI=1S/C22H33N3O3/c1-16(19-8-4-5-9-20(19)28-3)23-21(26)17(2)24-14-10-18(11-15-24)22(27)25-12-6-7-13-25/h4-5,8-9,16-18H,6-7,10-15H2,1-3H3,(H,23,26). The molecule has 2 heterocycles. The Labute approximate surface area is 168 Å². The van der Waals surface area contributed by atoms with Crippen LogP contribution in [0.5, 0.6) is 5.75 Å². The predicted molar refractivity (Wildman–Crippen MR) is 109 cm³/mol. The second kappa shape index (κ2) is 9.41. The fraction of sp³-hybridized carbons (Fsp3) is 0.636. The van der Waals surface area contributed by atoms with E-state index in [4.69, 9.17) is 4.74 Å². The third-order valence-corrected chi connectivity index (χ3v) is 6.19. The number of para-hydroxylation sites is 1. The maximum Gasteiger partial charge on any atom is 0.237 e. The number of piperidine rings is 1. The first-order valence-corrected chi connectivity index (χ1v) is 10.5. The largest absolute Gasteiger partial charge is 0.496 e. The van der Waals surface area contributed by atoms with Gasteiger partial charge < -0.3 is 15.0 Å². The Morgan fingerprint density at radius 1 is 1.07 bits per heavy atom. The molecule has 1 N–H and O–H groups in total. The molecule has 2 amide bonds. The van der Waals surface area contributed by atoms with Crippen molar-refractivity contribution in [1.29, 1.82) is 0 Å². The van der Waals surface area contributed by atoms with Crippen LogP contribution in [0.4, 0.5) is 0 Å². The van der Waals surface area contributed by atoms with E-state index in [1.54, 1.807) is 7.11 Å². The minimum atomic E-state index is -0.208. The van der Waals surface area contributed by atoms with Gasteiger partial charge in [-0.2, -0.15) is 0 Å². The highest BCUT2D eigenvalue weighted by Crippen LogP contribution is 2.26. The summed E-state index contributed by atoms with van der Waals surface area (Å²) in [5, 5.41) is 3.11. The van der Waals surface area contributed by atoms with Gasteiger partial charge in [-0.25, -0.2) is 0 Å². The Morgan fingerprint density at radius 3 is 2.36 bits per heavy atom. The van der Waals surface area contributed by atoms with E-state index in [1.807, 2.05) is 43.0 Å². The molecule has 0 bridgehead atoms. The van der Waals surface area contributed by atoms with Gasteiger partial charge in [0.1, 0.15) is 5.75 Å². The third kappa shape index (κ3) is 4.66. The van der Waals surface area contributed by atoms with E-state index in [9.17, 15) is 9.59 Å². The first-order chi connectivity index (χ1) is 13.5. The number of nitrogens with one attached hydrogen (secondary N) is 1. The smallest absolute Gasteiger partial charge is 0.237 e. The van der Waals surface area contributed by atoms with Crippen LogP contribution in [0.25, 0.3) is 0 Å². The number of nitrogens with zero attached hydrogens (tertiary/aromatic N) is 2. The first kappa shape index (κ1) is 20.6. The summed E-state index contributed by atoms with van der Waals surface area (Å²) in [6.07, 6.45) is 3.95. The Morgan fingerprint density at radius 2 is 1.71 bits per heavy atom. The van der Waals surface area contributed by atoms with Crippen LogP contribution in [0.2, 0.25) is 0 Å². The molecule has 2 unspecified atom stereocenters. The molecule has 2 fully saturated rings. The van der Waals surface area contributed by atoms with Gasteiger partial charge in [-0.3, -0.25) is 14.5 Å². The fourth-order valence-electron chi connectivity index (χ4n) is 4.33. The summed E-state index contributed by atoms with van der Waals surface area (Å²) < 4.78 is 5.40. The molecule has 28 heavy (non-hydrogen) atoms. The fourth-order valence-corrected chi connectivity index (χ4v) is 4.33. The maximum absolute atomic E-state index is 12.8. The number of carbonyl (C=O) groups excluding carboxylic acids is 2. The van der Waals surface area contributed by atoms with Crippen LogP contribution >= 0.6 is 0 Å². The zero-order valence-electron chi connectivity index (χ0n) is 17.3. The highest BCUT2D eigenvalue weighted by atomic mass is 16.5. The van der Waals surface area contributed by atoms with Crippen molar-refractivity contribution >= 4 is 11.8 Å². The summed E-state index contributed by atoms with van der Waals surface area (Å²) >= 11 is 0. The summed E-state index contributed by atoms with van der Waals surface area (Å²) in [5.74, 6) is 1.24. The molecule has 1 aromatic rings. The number of carbonyl (C=O) groups is 2. The van der Waals surface area contributed by atoms with E-state index >= 15 is 0 Å². The van der Waals surface area contributed by atoms with Crippen molar-refractivity contribution in [2.45, 2.75) is 51.6 Å². The Kier molecular flexibility index (Phi) is 6.94. The summed E-state index contributed by atoms with van der Waals surface area (Å²) in [5.41, 5.74) is 0.973. The first-order valence-electron chi connectivity index (χ1n) is 10.5. The highest BCUT2D eigenvalue weighted by molar-refractivity contribution is 5.82. The zero-order chi connectivity index (χ0) is 20.1. The lowest BCUT2D eigenvalue weighted by atomic mass is 9.94. The Hall–Kier alpha value is -2.08. The lowest BCUT2D eigenvalue weighted by Gasteiger charge is -2.36. The van der Waals surface area contributed by atoms with Gasteiger partial charge in [-0.05, 0) is 58.7 Å². The molecule has 2 atom stereocenters. The Balaban J connectivity index is 1.51. The number of rotatable bonds is 6. The number of likely N-dealkylation sites (tertiary alicyclic amines) is 2. The molecule has 0 radical (unpaired) electrons. The number of ether oxygens (including phenoxy) is 1. The molecular formula is C22H33N3O3. The van der Waals surface area contributed by atoms with E-state index in [0.717, 1.165) is 63.2 Å². The molecule has 2 saturated heterocycles. The summed E-state index contributed by atoms with van der Waals surface area (Å²) in [6.45, 7) is 7.34. The van der Waals surface area contributed by atoms with E-state index < -0.39 is 0 Å². The van der Waals surface area contributed by atoms with Gasteiger partial charge in [-0.1, -0.05) is 18.2 Å². The second-order valence-corrected chi connectivity index (χ2v) is 7.99. The van der Waals surface area contributed by atoms with Crippen molar-refractivity contribution in [3.8, 4) is 5.75 Å². The van der Waals surface area contributed by atoms with Crippen molar-refractivity contribution in [2.75, 3.05) is 33.3 Å². The average molecular weight is 388 g/mol. The molecule has 154 valence electrons. The number of methoxy groups -OCH3 is 1. The van der Waals surface area contributed by atoms with Crippen LogP contribution in [0, 0.1) is 5.92 Å². The number of benzene rings is 1. The van der Waals surface area contributed by atoms with E-state index in [0.29, 0.717) is 5.91 Å². The van der Waals surface area contributed by atoms with E-state index in [1.165, 1.54) is 0 Å². The number of hydrogen-bond acceptors (Lipinski definition) is 4. The van der Waals surface area contributed by atoms with Gasteiger partial charge in [0, 0.05) is 24.6 Å². The minimum Gasteiger partial charge on any atom is -0.496 e. The third-order valence-electron chi connectivity index (χ3n) is 6.19. The molecule has 2 aliphatic rings. The van der Waals surface area contributed by atoms with Crippen LogP contribution in [0.15, 0.2) is 24.3 Å². The van der Waals surface area contributed by atoms with Gasteiger partial charge >= 0.3 is 0 Å². The minimum absolute atomic E-state index is 0.0164. The van der Waals surface area contributed by atoms with E-state index in [-0.39, 0.29) is 23.9 Å². The number of hydrogen-bond donors (Lipinski definition) is 1. The van der Waals surface area contributed by atoms with Crippen molar-refractivity contribution in [2.24, 2.45) is 5.92 Å². The lowest BCUT2D eigenvalue weighted by Crippen LogP contribution is -2.50. The quantitative estimate of drug-likeness (QED) is 0.815. The summed E-state index contributed by atoms with van der Waals surface area (Å²) in [6, 6.07) is 7.42. The molecule has 0 saturated carbocycles. The van der Waals surface area contributed by atoms with Gasteiger partial charge in [0.15, 0.2) is 0 Å². The monoisotopic (exact) mass is 387 g/mol. The van der Waals surface area contributed by atoms with Crippen molar-refractivity contribution in [1.82, 2.24) is 15.1 Å². The van der Waals surface area contributed by atoms with Crippen LogP contribution in [0.1, 0.15) is 51.1 Å². The second-order valence-electron chi connectivity index (χ2n) is 7.99. The zero-order valence-corrected chi connectivity index (χ0v) is 17.3. The van der Waals surface area contributed by atoms with Crippen LogP contribution in [-0.2, 0) is 9.59 Å². The molecule has 0 aromatic heterocycles. The molecule has 6 heteroatoms. The van der Waals surface area contributed by atoms with Gasteiger partial charge in [0.05, 0.1) is 19.2 Å².